The van der Waals surface area contributed by atoms with Crippen LogP contribution in [0.15, 0.2) is 0 Å². The summed E-state index contributed by atoms with van der Waals surface area (Å²) in [6.45, 7) is 4.00. The molecule has 0 fully saturated rings. The Morgan fingerprint density at radius 1 is 1.56 bits per heavy atom. The van der Waals surface area contributed by atoms with E-state index in [1.807, 2.05) is 0 Å². The molecule has 0 aromatic carbocycles. The minimum Gasteiger partial charge on any atom is -0.365 e. The number of rotatable bonds is 2. The molecule has 0 aliphatic carbocycles. The average molecular weight is 132 g/mol. The van der Waals surface area contributed by atoms with E-state index in [0.29, 0.717) is 0 Å². The molecule has 1 unspecified atom stereocenters. The van der Waals surface area contributed by atoms with Gasteiger partial charge in [-0.2, -0.15) is 0 Å². The van der Waals surface area contributed by atoms with E-state index >= 15 is 0 Å². The molecule has 54 valence electrons. The molecule has 0 rings (SSSR count). The second-order valence-electron chi connectivity index (χ2n) is 2.43. The first-order chi connectivity index (χ1) is 3.85. The average Bonchev–Trinajstić information content (AvgIpc) is 1.62. The Bertz CT molecular complexity index is 112. The van der Waals surface area contributed by atoms with Gasteiger partial charge < -0.3 is 10.2 Å². The number of carbonyl (C=O) groups excluding carboxylic acids is 1. The van der Waals surface area contributed by atoms with Gasteiger partial charge >= 0.3 is 0 Å². The Labute approximate surface area is 54.3 Å². The van der Waals surface area contributed by atoms with Crippen LogP contribution in [0.4, 0.5) is 0 Å². The molecule has 3 nitrogen and oxygen atoms in total. The molecule has 0 spiro atoms. The minimum atomic E-state index is -1.87. The lowest BCUT2D eigenvalue weighted by Gasteiger charge is -2.21. The lowest BCUT2D eigenvalue weighted by Crippen LogP contribution is -2.36. The fourth-order valence-electron chi connectivity index (χ4n) is 0.385. The fraction of sp³-hybridized carbons (Fsp3) is 0.833. The van der Waals surface area contributed by atoms with Crippen LogP contribution in [0.1, 0.15) is 20.8 Å². The molecule has 9 heavy (non-hydrogen) atoms. The third-order valence-corrected chi connectivity index (χ3v) is 1.43. The number of ketones is 1. The van der Waals surface area contributed by atoms with Crippen LogP contribution in [-0.4, -0.2) is 21.8 Å². The third-order valence-electron chi connectivity index (χ3n) is 1.43. The molecular formula is C6H12O3. The van der Waals surface area contributed by atoms with Gasteiger partial charge in [-0.05, 0) is 13.8 Å². The Balaban J connectivity index is 4.04. The zero-order chi connectivity index (χ0) is 7.65. The first kappa shape index (κ1) is 8.59. The quantitative estimate of drug-likeness (QED) is 0.516. The van der Waals surface area contributed by atoms with Crippen LogP contribution in [0.3, 0.4) is 0 Å². The van der Waals surface area contributed by atoms with E-state index in [0.717, 1.165) is 0 Å². The highest BCUT2D eigenvalue weighted by molar-refractivity contribution is 5.78. The second-order valence-corrected chi connectivity index (χ2v) is 2.43. The largest absolute Gasteiger partial charge is 0.365 e. The molecule has 0 saturated heterocycles. The molecule has 0 radical (unpaired) electrons. The highest BCUT2D eigenvalue weighted by Gasteiger charge is 2.27. The van der Waals surface area contributed by atoms with E-state index in [-0.39, 0.29) is 5.78 Å². The summed E-state index contributed by atoms with van der Waals surface area (Å²) in [7, 11) is 0. The van der Waals surface area contributed by atoms with Gasteiger partial charge in [0.15, 0.2) is 5.79 Å². The van der Waals surface area contributed by atoms with E-state index in [2.05, 4.69) is 0 Å². The molecule has 0 aromatic heterocycles. The number of Topliss-reactive ketones (excluding diaryl/α,β-unsaturated/α-hetero) is 1. The molecule has 0 aliphatic heterocycles. The van der Waals surface area contributed by atoms with Gasteiger partial charge in [0.1, 0.15) is 5.78 Å². The van der Waals surface area contributed by atoms with E-state index in [4.69, 9.17) is 10.2 Å². The lowest BCUT2D eigenvalue weighted by atomic mass is 9.99. The van der Waals surface area contributed by atoms with Gasteiger partial charge in [0.2, 0.25) is 0 Å². The third kappa shape index (κ3) is 2.58. The normalized spacial score (nSPS) is 15.2. The fourth-order valence-corrected chi connectivity index (χ4v) is 0.385. The second kappa shape index (κ2) is 2.45. The summed E-state index contributed by atoms with van der Waals surface area (Å²) < 4.78 is 0. The van der Waals surface area contributed by atoms with Gasteiger partial charge in [-0.3, -0.25) is 4.79 Å². The minimum absolute atomic E-state index is 0.220. The van der Waals surface area contributed by atoms with Crippen LogP contribution in [0, 0.1) is 5.92 Å². The van der Waals surface area contributed by atoms with Crippen molar-refractivity contribution in [3.8, 4) is 0 Å². The predicted octanol–water partition coefficient (Wildman–Crippen LogP) is -0.0877. The van der Waals surface area contributed by atoms with Crippen molar-refractivity contribution in [2.75, 3.05) is 0 Å². The van der Waals surface area contributed by atoms with Gasteiger partial charge in [0.05, 0.1) is 5.92 Å². The maximum atomic E-state index is 10.5. The van der Waals surface area contributed by atoms with Crippen LogP contribution >= 0.6 is 0 Å². The Morgan fingerprint density at radius 3 is 1.89 bits per heavy atom. The Hall–Kier alpha value is -0.410. The van der Waals surface area contributed by atoms with Crippen molar-refractivity contribution < 1.29 is 15.0 Å². The van der Waals surface area contributed by atoms with Gasteiger partial charge in [-0.1, -0.05) is 6.92 Å². The monoisotopic (exact) mass is 132 g/mol. The number of hydrogen-bond donors (Lipinski definition) is 2. The van der Waals surface area contributed by atoms with Crippen LogP contribution in [0.2, 0.25) is 0 Å². The SMILES string of the molecule is CC(=O)C(C)C(C)(O)O. The van der Waals surface area contributed by atoms with E-state index < -0.39 is 11.7 Å². The summed E-state index contributed by atoms with van der Waals surface area (Å²) in [5.41, 5.74) is 0. The smallest absolute Gasteiger partial charge is 0.169 e. The molecule has 2 N–H and O–H groups in total. The van der Waals surface area contributed by atoms with E-state index in [9.17, 15) is 4.79 Å². The maximum absolute atomic E-state index is 10.5. The number of carbonyl (C=O) groups is 1. The van der Waals surface area contributed by atoms with E-state index in [1.54, 1.807) is 0 Å². The van der Waals surface area contributed by atoms with Crippen molar-refractivity contribution in [3.63, 3.8) is 0 Å². The Morgan fingerprint density at radius 2 is 1.89 bits per heavy atom. The van der Waals surface area contributed by atoms with Crippen molar-refractivity contribution >= 4 is 5.78 Å². The summed E-state index contributed by atoms with van der Waals surface area (Å²) in [6.07, 6.45) is 0. The summed E-state index contributed by atoms with van der Waals surface area (Å²) in [6, 6.07) is 0. The molecule has 0 bridgehead atoms. The standard InChI is InChI=1S/C6H12O3/c1-4(5(2)7)6(3,8)9/h4,8-9H,1-3H3. The molecule has 3 heteroatoms. The van der Waals surface area contributed by atoms with Crippen LogP contribution in [0.5, 0.6) is 0 Å². The van der Waals surface area contributed by atoms with Gasteiger partial charge in [0, 0.05) is 0 Å². The zero-order valence-electron chi connectivity index (χ0n) is 5.88. The first-order valence-electron chi connectivity index (χ1n) is 2.81. The molecule has 1 atom stereocenters. The predicted molar refractivity (Wildman–Crippen MR) is 32.7 cm³/mol. The lowest BCUT2D eigenvalue weighted by molar-refractivity contribution is -0.184. The number of aliphatic hydroxyl groups is 2. The topological polar surface area (TPSA) is 57.5 Å². The van der Waals surface area contributed by atoms with Crippen molar-refractivity contribution in [1.82, 2.24) is 0 Å². The highest BCUT2D eigenvalue weighted by atomic mass is 16.5. The maximum Gasteiger partial charge on any atom is 0.169 e. The summed E-state index contributed by atoms with van der Waals surface area (Å²) >= 11 is 0. The Kier molecular flexibility index (Phi) is 2.34. The van der Waals surface area contributed by atoms with Crippen LogP contribution in [-0.2, 0) is 4.79 Å². The molecule has 0 saturated carbocycles. The van der Waals surface area contributed by atoms with E-state index in [1.165, 1.54) is 20.8 Å². The van der Waals surface area contributed by atoms with Gasteiger partial charge in [0.25, 0.3) is 0 Å². The van der Waals surface area contributed by atoms with Gasteiger partial charge in [-0.15, -0.1) is 0 Å². The van der Waals surface area contributed by atoms with Crippen molar-refractivity contribution in [2.45, 2.75) is 26.6 Å². The van der Waals surface area contributed by atoms with Crippen LogP contribution < -0.4 is 0 Å². The van der Waals surface area contributed by atoms with Gasteiger partial charge in [-0.25, -0.2) is 0 Å². The summed E-state index contributed by atoms with van der Waals surface area (Å²) in [5.74, 6) is -2.80. The molecule has 0 aliphatic rings. The molecule has 0 aromatic rings. The number of hydrogen-bond acceptors (Lipinski definition) is 3. The summed E-state index contributed by atoms with van der Waals surface area (Å²) in [5, 5.41) is 17.6. The van der Waals surface area contributed by atoms with Crippen molar-refractivity contribution in [2.24, 2.45) is 5.92 Å². The van der Waals surface area contributed by atoms with Crippen molar-refractivity contribution in [3.05, 3.63) is 0 Å². The molecule has 0 heterocycles. The zero-order valence-corrected chi connectivity index (χ0v) is 5.88. The molecule has 0 amide bonds. The highest BCUT2D eigenvalue weighted by Crippen LogP contribution is 2.12. The summed E-state index contributed by atoms with van der Waals surface area (Å²) in [4.78, 5) is 10.5. The van der Waals surface area contributed by atoms with Crippen LogP contribution in [0.25, 0.3) is 0 Å². The van der Waals surface area contributed by atoms with Crippen molar-refractivity contribution in [1.29, 1.82) is 0 Å². The molecular weight excluding hydrogens is 120 g/mol. The first-order valence-corrected chi connectivity index (χ1v) is 2.81.